The minimum atomic E-state index is -0.0617. The fourth-order valence-electron chi connectivity index (χ4n) is 2.71. The fraction of sp³-hybridized carbons (Fsp3) is 0.286. The first-order valence-corrected chi connectivity index (χ1v) is 9.94. The number of nitrogens with zero attached hydrogens (tertiary/aromatic N) is 3. The SMILES string of the molecule is Cc1ccc(-n2c(C)nnc2SCC(=O)Nc2ccc(C(C)C)cc2)cc1. The highest BCUT2D eigenvalue weighted by Crippen LogP contribution is 2.23. The molecule has 0 aliphatic carbocycles. The lowest BCUT2D eigenvalue weighted by atomic mass is 10.0. The molecule has 0 aliphatic rings. The van der Waals surface area contributed by atoms with Crippen molar-refractivity contribution in [2.75, 3.05) is 11.1 Å². The van der Waals surface area contributed by atoms with Crippen molar-refractivity contribution in [3.63, 3.8) is 0 Å². The van der Waals surface area contributed by atoms with Gasteiger partial charge in [0.05, 0.1) is 5.75 Å². The summed E-state index contributed by atoms with van der Waals surface area (Å²) in [6.07, 6.45) is 0. The Hall–Kier alpha value is -2.60. The van der Waals surface area contributed by atoms with Gasteiger partial charge in [0.15, 0.2) is 5.16 Å². The number of carbonyl (C=O) groups is 1. The molecule has 0 bridgehead atoms. The average molecular weight is 381 g/mol. The maximum absolute atomic E-state index is 12.3. The molecule has 0 unspecified atom stereocenters. The van der Waals surface area contributed by atoms with Crippen molar-refractivity contribution in [3.05, 3.63) is 65.5 Å². The Balaban J connectivity index is 1.65. The minimum absolute atomic E-state index is 0.0617. The van der Waals surface area contributed by atoms with Gasteiger partial charge >= 0.3 is 0 Å². The van der Waals surface area contributed by atoms with Gasteiger partial charge in [-0.1, -0.05) is 55.4 Å². The van der Waals surface area contributed by atoms with E-state index in [1.54, 1.807) is 0 Å². The van der Waals surface area contributed by atoms with Gasteiger partial charge in [-0.2, -0.15) is 0 Å². The summed E-state index contributed by atoms with van der Waals surface area (Å²) in [5.74, 6) is 1.48. The molecule has 0 saturated carbocycles. The zero-order valence-corrected chi connectivity index (χ0v) is 16.9. The van der Waals surface area contributed by atoms with Crippen LogP contribution in [0.4, 0.5) is 5.69 Å². The molecule has 0 spiro atoms. The van der Waals surface area contributed by atoms with Crippen molar-refractivity contribution in [3.8, 4) is 5.69 Å². The molecule has 1 heterocycles. The second kappa shape index (κ2) is 8.39. The lowest BCUT2D eigenvalue weighted by Crippen LogP contribution is -2.14. The van der Waals surface area contributed by atoms with Crippen LogP contribution >= 0.6 is 11.8 Å². The van der Waals surface area contributed by atoms with Gasteiger partial charge in [-0.25, -0.2) is 0 Å². The van der Waals surface area contributed by atoms with Gasteiger partial charge in [-0.15, -0.1) is 10.2 Å². The first kappa shape index (κ1) is 19.2. The third kappa shape index (κ3) is 4.77. The zero-order chi connectivity index (χ0) is 19.4. The summed E-state index contributed by atoms with van der Waals surface area (Å²) < 4.78 is 1.97. The Labute approximate surface area is 164 Å². The van der Waals surface area contributed by atoms with E-state index in [0.29, 0.717) is 11.1 Å². The predicted molar refractivity (Wildman–Crippen MR) is 111 cm³/mol. The Morgan fingerprint density at radius 2 is 1.70 bits per heavy atom. The molecule has 0 fully saturated rings. The van der Waals surface area contributed by atoms with Crippen molar-refractivity contribution < 1.29 is 4.79 Å². The topological polar surface area (TPSA) is 59.8 Å². The Bertz CT molecular complexity index is 914. The highest BCUT2D eigenvalue weighted by molar-refractivity contribution is 7.99. The summed E-state index contributed by atoms with van der Waals surface area (Å²) in [6.45, 7) is 8.26. The van der Waals surface area contributed by atoms with Crippen molar-refractivity contribution in [1.29, 1.82) is 0 Å². The molecule has 6 heteroatoms. The van der Waals surface area contributed by atoms with Crippen LogP contribution in [0, 0.1) is 13.8 Å². The van der Waals surface area contributed by atoms with Crippen molar-refractivity contribution in [1.82, 2.24) is 14.8 Å². The number of amides is 1. The van der Waals surface area contributed by atoms with E-state index in [9.17, 15) is 4.79 Å². The summed E-state index contributed by atoms with van der Waals surface area (Å²) >= 11 is 1.38. The van der Waals surface area contributed by atoms with Gasteiger partial charge < -0.3 is 5.32 Å². The van der Waals surface area contributed by atoms with Gasteiger partial charge in [0.25, 0.3) is 0 Å². The minimum Gasteiger partial charge on any atom is -0.325 e. The van der Waals surface area contributed by atoms with E-state index in [-0.39, 0.29) is 11.7 Å². The van der Waals surface area contributed by atoms with Crippen LogP contribution < -0.4 is 5.32 Å². The van der Waals surface area contributed by atoms with E-state index < -0.39 is 0 Å². The molecule has 3 aromatic rings. The summed E-state index contributed by atoms with van der Waals surface area (Å²) in [6, 6.07) is 16.1. The van der Waals surface area contributed by atoms with Crippen LogP contribution in [-0.4, -0.2) is 26.4 Å². The third-order valence-corrected chi connectivity index (χ3v) is 5.21. The number of anilines is 1. The summed E-state index contributed by atoms with van der Waals surface area (Å²) in [5.41, 5.74) is 4.25. The van der Waals surface area contributed by atoms with E-state index in [1.165, 1.54) is 22.9 Å². The number of hydrogen-bond acceptors (Lipinski definition) is 4. The molecular weight excluding hydrogens is 356 g/mol. The summed E-state index contributed by atoms with van der Waals surface area (Å²) in [7, 11) is 0. The van der Waals surface area contributed by atoms with E-state index in [4.69, 9.17) is 0 Å². The summed E-state index contributed by atoms with van der Waals surface area (Å²) in [4.78, 5) is 12.3. The van der Waals surface area contributed by atoms with Crippen LogP contribution in [0.1, 0.15) is 36.7 Å². The molecular formula is C21H24N4OS. The van der Waals surface area contributed by atoms with Crippen LogP contribution in [0.5, 0.6) is 0 Å². The predicted octanol–water partition coefficient (Wildman–Crippen LogP) is 4.74. The van der Waals surface area contributed by atoms with Crippen LogP contribution in [0.3, 0.4) is 0 Å². The quantitative estimate of drug-likeness (QED) is 0.628. The highest BCUT2D eigenvalue weighted by atomic mass is 32.2. The molecule has 0 aliphatic heterocycles. The third-order valence-electron chi connectivity index (χ3n) is 4.28. The molecule has 1 aromatic heterocycles. The van der Waals surface area contributed by atoms with E-state index in [0.717, 1.165) is 17.2 Å². The normalized spacial score (nSPS) is 11.0. The lowest BCUT2D eigenvalue weighted by molar-refractivity contribution is -0.113. The van der Waals surface area contributed by atoms with Gasteiger partial charge in [-0.3, -0.25) is 9.36 Å². The molecule has 2 aromatic carbocycles. The first-order valence-electron chi connectivity index (χ1n) is 8.95. The largest absolute Gasteiger partial charge is 0.325 e. The van der Waals surface area contributed by atoms with Crippen molar-refractivity contribution in [2.45, 2.75) is 38.8 Å². The summed E-state index contributed by atoms with van der Waals surface area (Å²) in [5, 5.41) is 12.0. The van der Waals surface area contributed by atoms with E-state index in [1.807, 2.05) is 47.9 Å². The number of thioether (sulfide) groups is 1. The Kier molecular flexibility index (Phi) is 5.96. The second-order valence-corrected chi connectivity index (χ2v) is 7.76. The molecule has 140 valence electrons. The molecule has 0 atom stereocenters. The van der Waals surface area contributed by atoms with Gasteiger partial charge in [-0.05, 0) is 49.6 Å². The molecule has 0 radical (unpaired) electrons. The smallest absolute Gasteiger partial charge is 0.234 e. The maximum atomic E-state index is 12.3. The molecule has 27 heavy (non-hydrogen) atoms. The molecule has 1 amide bonds. The van der Waals surface area contributed by atoms with Crippen molar-refractivity contribution in [2.24, 2.45) is 0 Å². The fourth-order valence-corrected chi connectivity index (χ4v) is 3.50. The van der Waals surface area contributed by atoms with Gasteiger partial charge in [0.2, 0.25) is 5.91 Å². The van der Waals surface area contributed by atoms with Crippen LogP contribution in [-0.2, 0) is 4.79 Å². The molecule has 3 rings (SSSR count). The number of hydrogen-bond donors (Lipinski definition) is 1. The Morgan fingerprint density at radius 3 is 2.33 bits per heavy atom. The maximum Gasteiger partial charge on any atom is 0.234 e. The standard InChI is InChI=1S/C21H24N4OS/c1-14(2)17-7-9-18(10-8-17)22-20(26)13-27-21-24-23-16(4)25(21)19-11-5-15(3)6-12-19/h5-12,14H,13H2,1-4H3,(H,22,26). The Morgan fingerprint density at radius 1 is 1.04 bits per heavy atom. The number of aromatic nitrogens is 3. The number of aryl methyl sites for hydroxylation is 2. The van der Waals surface area contributed by atoms with Crippen LogP contribution in [0.2, 0.25) is 0 Å². The molecule has 1 N–H and O–H groups in total. The second-order valence-electron chi connectivity index (χ2n) is 6.81. The molecule has 0 saturated heterocycles. The monoisotopic (exact) mass is 380 g/mol. The number of rotatable bonds is 6. The van der Waals surface area contributed by atoms with Crippen molar-refractivity contribution >= 4 is 23.4 Å². The van der Waals surface area contributed by atoms with E-state index in [2.05, 4.69) is 48.4 Å². The number of carbonyl (C=O) groups excluding carboxylic acids is 1. The first-order chi connectivity index (χ1) is 12.9. The van der Waals surface area contributed by atoms with Crippen LogP contribution in [0.25, 0.3) is 5.69 Å². The highest BCUT2D eigenvalue weighted by Gasteiger charge is 2.13. The molecule has 5 nitrogen and oxygen atoms in total. The van der Waals surface area contributed by atoms with Gasteiger partial charge in [0, 0.05) is 11.4 Å². The zero-order valence-electron chi connectivity index (χ0n) is 16.1. The number of benzene rings is 2. The number of nitrogens with one attached hydrogen (secondary N) is 1. The lowest BCUT2D eigenvalue weighted by Gasteiger charge is -2.10. The van der Waals surface area contributed by atoms with Crippen LogP contribution in [0.15, 0.2) is 53.7 Å². The van der Waals surface area contributed by atoms with E-state index >= 15 is 0 Å². The average Bonchev–Trinajstić information content (AvgIpc) is 3.02. The van der Waals surface area contributed by atoms with Gasteiger partial charge in [0.1, 0.15) is 5.82 Å².